The number of rotatable bonds is 6. The fourth-order valence-electron chi connectivity index (χ4n) is 7.07. The number of aromatic nitrogens is 1. The highest BCUT2D eigenvalue weighted by atomic mass is 28.3. The van der Waals surface area contributed by atoms with Crippen LogP contribution in [0.3, 0.4) is 0 Å². The van der Waals surface area contributed by atoms with Gasteiger partial charge < -0.3 is 9.88 Å². The molecule has 0 bridgehead atoms. The van der Waals surface area contributed by atoms with Crippen LogP contribution in [0.4, 0.5) is 0 Å². The van der Waals surface area contributed by atoms with Crippen molar-refractivity contribution in [3.05, 3.63) is 181 Å². The highest BCUT2D eigenvalue weighted by Gasteiger charge is 2.42. The molecule has 0 fully saturated rings. The summed E-state index contributed by atoms with van der Waals surface area (Å²) in [5, 5.41) is 10.3. The molecule has 1 aromatic heterocycles. The maximum Gasteiger partial charge on any atom is 0.179 e. The smallest absolute Gasteiger partial charge is 0.179 e. The molecule has 0 aliphatic carbocycles. The maximum atomic E-state index is 3.46. The van der Waals surface area contributed by atoms with Gasteiger partial charge in [-0.25, -0.2) is 0 Å². The van der Waals surface area contributed by atoms with Crippen LogP contribution in [0.1, 0.15) is 11.3 Å². The minimum Gasteiger partial charge on any atom is -0.385 e. The lowest BCUT2D eigenvalue weighted by atomic mass is 10.1. The number of hydrogen-bond acceptors (Lipinski definition) is 1. The largest absolute Gasteiger partial charge is 0.385 e. The SMILES string of the molecule is C1=Cc2c(n(-c3ccccc3)c3ccc([Si](c4ccccc4)(c4ccccc4)c4cccc(-c5ccccc5)c4)cc23)CN1. The van der Waals surface area contributed by atoms with Gasteiger partial charge in [0.15, 0.2) is 8.07 Å². The first kappa shape index (κ1) is 26.3. The predicted molar refractivity (Wildman–Crippen MR) is 188 cm³/mol. The van der Waals surface area contributed by atoms with E-state index in [0.717, 1.165) is 6.54 Å². The summed E-state index contributed by atoms with van der Waals surface area (Å²) < 4.78 is 2.43. The minimum atomic E-state index is -2.75. The van der Waals surface area contributed by atoms with E-state index in [-0.39, 0.29) is 0 Å². The molecule has 0 unspecified atom stereocenters. The number of hydrogen-bond donors (Lipinski definition) is 1. The third kappa shape index (κ3) is 4.24. The summed E-state index contributed by atoms with van der Waals surface area (Å²) in [6.45, 7) is 0.795. The molecular weight excluding hydrogens is 549 g/mol. The molecule has 210 valence electrons. The van der Waals surface area contributed by atoms with Crippen LogP contribution < -0.4 is 26.1 Å². The van der Waals surface area contributed by atoms with Crippen LogP contribution in [0.5, 0.6) is 0 Å². The summed E-state index contributed by atoms with van der Waals surface area (Å²) in [6, 6.07) is 60.4. The summed E-state index contributed by atoms with van der Waals surface area (Å²) in [5.74, 6) is 0. The van der Waals surface area contributed by atoms with Crippen molar-refractivity contribution in [2.45, 2.75) is 6.54 Å². The van der Waals surface area contributed by atoms with Gasteiger partial charge >= 0.3 is 0 Å². The van der Waals surface area contributed by atoms with Gasteiger partial charge in [-0.15, -0.1) is 0 Å². The molecule has 3 heteroatoms. The molecule has 0 saturated heterocycles. The summed E-state index contributed by atoms with van der Waals surface area (Å²) in [4.78, 5) is 0. The molecule has 2 nitrogen and oxygen atoms in total. The van der Waals surface area contributed by atoms with Crippen molar-refractivity contribution < 1.29 is 0 Å². The molecule has 0 amide bonds. The standard InChI is InChI=1S/C41H32N2Si/c1-5-14-31(15-6-1)32-16-13-23-36(28-32)44(34-19-9-3-10-20-34,35-21-11-4-12-22-35)37-24-25-40-39(29-37)38-26-27-42-30-41(38)43(40)33-17-7-2-8-18-33/h1-29,42H,30H2. The van der Waals surface area contributed by atoms with Crippen molar-refractivity contribution in [2.75, 3.05) is 0 Å². The van der Waals surface area contributed by atoms with Crippen LogP contribution in [0.15, 0.2) is 170 Å². The van der Waals surface area contributed by atoms with Crippen LogP contribution >= 0.6 is 0 Å². The lowest BCUT2D eigenvalue weighted by Crippen LogP contribution is -2.74. The van der Waals surface area contributed by atoms with Crippen molar-refractivity contribution >= 4 is 45.8 Å². The van der Waals surface area contributed by atoms with Crippen molar-refractivity contribution in [1.82, 2.24) is 9.88 Å². The molecule has 44 heavy (non-hydrogen) atoms. The van der Waals surface area contributed by atoms with E-state index in [1.54, 1.807) is 0 Å². The van der Waals surface area contributed by atoms with Gasteiger partial charge in [0.25, 0.3) is 0 Å². The van der Waals surface area contributed by atoms with Gasteiger partial charge in [-0.1, -0.05) is 146 Å². The van der Waals surface area contributed by atoms with Gasteiger partial charge in [0.1, 0.15) is 0 Å². The topological polar surface area (TPSA) is 17.0 Å². The monoisotopic (exact) mass is 580 g/mol. The summed E-state index contributed by atoms with van der Waals surface area (Å²) in [5.41, 5.74) is 7.50. The third-order valence-corrected chi connectivity index (χ3v) is 13.8. The van der Waals surface area contributed by atoms with Crippen LogP contribution in [-0.4, -0.2) is 12.6 Å². The molecule has 0 spiro atoms. The van der Waals surface area contributed by atoms with Crippen LogP contribution in [-0.2, 0) is 6.54 Å². The third-order valence-electron chi connectivity index (χ3n) is 9.01. The van der Waals surface area contributed by atoms with E-state index in [9.17, 15) is 0 Å². The first-order valence-electron chi connectivity index (χ1n) is 15.2. The van der Waals surface area contributed by atoms with E-state index in [1.165, 1.54) is 59.7 Å². The molecular formula is C41H32N2Si. The average molecular weight is 581 g/mol. The zero-order valence-corrected chi connectivity index (χ0v) is 25.4. The molecule has 0 saturated carbocycles. The number of para-hydroxylation sites is 1. The van der Waals surface area contributed by atoms with E-state index < -0.39 is 8.07 Å². The Morgan fingerprint density at radius 3 is 1.75 bits per heavy atom. The highest BCUT2D eigenvalue weighted by molar-refractivity contribution is 7.20. The Labute approximate surface area is 259 Å². The summed E-state index contributed by atoms with van der Waals surface area (Å²) in [6.07, 6.45) is 4.33. The molecule has 2 heterocycles. The minimum absolute atomic E-state index is 0.795. The Morgan fingerprint density at radius 2 is 1.07 bits per heavy atom. The molecule has 0 atom stereocenters. The maximum absolute atomic E-state index is 3.46. The van der Waals surface area contributed by atoms with Crippen molar-refractivity contribution in [1.29, 1.82) is 0 Å². The Kier molecular flexibility index (Phi) is 6.58. The van der Waals surface area contributed by atoms with Crippen molar-refractivity contribution in [3.8, 4) is 16.8 Å². The first-order valence-corrected chi connectivity index (χ1v) is 17.2. The van der Waals surface area contributed by atoms with E-state index in [4.69, 9.17) is 0 Å². The number of nitrogens with zero attached hydrogens (tertiary/aromatic N) is 1. The quantitative estimate of drug-likeness (QED) is 0.170. The second kappa shape index (κ2) is 11.0. The number of benzene rings is 6. The Bertz CT molecular complexity index is 2060. The predicted octanol–water partition coefficient (Wildman–Crippen LogP) is 6.75. The number of nitrogens with one attached hydrogen (secondary N) is 1. The lowest BCUT2D eigenvalue weighted by Gasteiger charge is -2.35. The Balaban J connectivity index is 1.46. The van der Waals surface area contributed by atoms with E-state index in [0.29, 0.717) is 0 Å². The molecule has 6 aromatic carbocycles. The van der Waals surface area contributed by atoms with Crippen LogP contribution in [0.2, 0.25) is 0 Å². The molecule has 1 N–H and O–H groups in total. The fraction of sp³-hybridized carbons (Fsp3) is 0.0244. The Hall–Kier alpha value is -5.38. The number of fused-ring (bicyclic) bond motifs is 3. The van der Waals surface area contributed by atoms with Crippen molar-refractivity contribution in [2.24, 2.45) is 0 Å². The van der Waals surface area contributed by atoms with E-state index in [2.05, 4.69) is 186 Å². The first-order chi connectivity index (χ1) is 21.8. The zero-order valence-electron chi connectivity index (χ0n) is 24.4. The summed E-state index contributed by atoms with van der Waals surface area (Å²) in [7, 11) is -2.75. The van der Waals surface area contributed by atoms with Crippen molar-refractivity contribution in [3.63, 3.8) is 0 Å². The normalized spacial score (nSPS) is 12.5. The van der Waals surface area contributed by atoms with Gasteiger partial charge in [0.05, 0.1) is 17.8 Å². The molecule has 1 aliphatic rings. The molecule has 7 aromatic rings. The lowest BCUT2D eigenvalue weighted by molar-refractivity contribution is 0.803. The van der Waals surface area contributed by atoms with Gasteiger partial charge in [-0.05, 0) is 62.3 Å². The van der Waals surface area contributed by atoms with Crippen LogP contribution in [0.25, 0.3) is 33.8 Å². The highest BCUT2D eigenvalue weighted by Crippen LogP contribution is 2.32. The van der Waals surface area contributed by atoms with E-state index >= 15 is 0 Å². The zero-order chi connectivity index (χ0) is 29.3. The van der Waals surface area contributed by atoms with E-state index in [1.807, 2.05) is 0 Å². The Morgan fingerprint density at radius 1 is 0.500 bits per heavy atom. The van der Waals surface area contributed by atoms with Crippen LogP contribution in [0, 0.1) is 0 Å². The fourth-order valence-corrected chi connectivity index (χ4v) is 11.9. The van der Waals surface area contributed by atoms with Gasteiger partial charge in [-0.2, -0.15) is 0 Å². The van der Waals surface area contributed by atoms with Gasteiger partial charge in [-0.3, -0.25) is 0 Å². The van der Waals surface area contributed by atoms with Gasteiger partial charge in [0.2, 0.25) is 0 Å². The molecule has 1 aliphatic heterocycles. The van der Waals surface area contributed by atoms with Gasteiger partial charge in [0, 0.05) is 16.6 Å². The second-order valence-corrected chi connectivity index (χ2v) is 15.2. The molecule has 8 rings (SSSR count). The molecule has 0 radical (unpaired) electrons. The summed E-state index contributed by atoms with van der Waals surface area (Å²) >= 11 is 0. The second-order valence-electron chi connectivity index (χ2n) is 11.4. The average Bonchev–Trinajstić information content (AvgIpc) is 3.44.